The smallest absolute Gasteiger partial charge is 0.255 e. The number of hydrogen-bond donors (Lipinski definition) is 2. The molecule has 0 spiro atoms. The first kappa shape index (κ1) is 15.0. The fourth-order valence-electron chi connectivity index (χ4n) is 1.37. The molecule has 0 aliphatic rings. The summed E-state index contributed by atoms with van der Waals surface area (Å²) in [5, 5.41) is 6.08. The summed E-state index contributed by atoms with van der Waals surface area (Å²) in [5.74, 6) is 0.923. The molecule has 5 heteroatoms. The number of anilines is 1. The number of amides is 1. The molecule has 0 bridgehead atoms. The van der Waals surface area contributed by atoms with E-state index in [1.807, 2.05) is 13.8 Å². The summed E-state index contributed by atoms with van der Waals surface area (Å²) >= 11 is 3.34. The first-order chi connectivity index (χ1) is 8.45. The highest BCUT2D eigenvalue weighted by Gasteiger charge is 2.16. The van der Waals surface area contributed by atoms with Crippen LogP contribution in [0.15, 0.2) is 16.7 Å². The van der Waals surface area contributed by atoms with Crippen molar-refractivity contribution in [1.29, 1.82) is 0 Å². The highest BCUT2D eigenvalue weighted by Crippen LogP contribution is 2.18. The van der Waals surface area contributed by atoms with Gasteiger partial charge in [0.25, 0.3) is 5.91 Å². The van der Waals surface area contributed by atoms with Gasteiger partial charge in [0.05, 0.1) is 5.56 Å². The third kappa shape index (κ3) is 3.98. The average molecular weight is 314 g/mol. The van der Waals surface area contributed by atoms with Crippen LogP contribution in [0.25, 0.3) is 0 Å². The number of rotatable bonds is 5. The molecule has 1 unspecified atom stereocenters. The van der Waals surface area contributed by atoms with Gasteiger partial charge >= 0.3 is 0 Å². The Morgan fingerprint density at radius 1 is 1.44 bits per heavy atom. The third-order valence-corrected chi connectivity index (χ3v) is 3.24. The van der Waals surface area contributed by atoms with Gasteiger partial charge in [-0.2, -0.15) is 0 Å². The van der Waals surface area contributed by atoms with E-state index in [1.54, 1.807) is 12.3 Å². The molecule has 0 aliphatic carbocycles. The van der Waals surface area contributed by atoms with Crippen molar-refractivity contribution in [3.63, 3.8) is 0 Å². The molecule has 18 heavy (non-hydrogen) atoms. The minimum absolute atomic E-state index is 0.0963. The van der Waals surface area contributed by atoms with Crippen LogP contribution in [0.1, 0.15) is 38.1 Å². The topological polar surface area (TPSA) is 54.0 Å². The van der Waals surface area contributed by atoms with Gasteiger partial charge in [-0.25, -0.2) is 4.98 Å². The zero-order chi connectivity index (χ0) is 13.7. The van der Waals surface area contributed by atoms with Crippen LogP contribution >= 0.6 is 15.9 Å². The van der Waals surface area contributed by atoms with Crippen molar-refractivity contribution in [3.8, 4) is 0 Å². The molecule has 1 heterocycles. The quantitative estimate of drug-likeness (QED) is 0.878. The Kier molecular flexibility index (Phi) is 5.59. The normalized spacial score (nSPS) is 12.3. The number of pyridine rings is 1. The third-order valence-electron chi connectivity index (χ3n) is 2.80. The maximum atomic E-state index is 12.2. The molecule has 1 amide bonds. The van der Waals surface area contributed by atoms with Gasteiger partial charge in [0.15, 0.2) is 0 Å². The fourth-order valence-corrected chi connectivity index (χ4v) is 1.70. The van der Waals surface area contributed by atoms with Crippen LogP contribution in [0.4, 0.5) is 5.82 Å². The van der Waals surface area contributed by atoms with Gasteiger partial charge in [0.2, 0.25) is 0 Å². The highest BCUT2D eigenvalue weighted by molar-refractivity contribution is 9.10. The zero-order valence-corrected chi connectivity index (χ0v) is 12.8. The van der Waals surface area contributed by atoms with Crippen LogP contribution in [0.5, 0.6) is 0 Å². The molecule has 1 atom stereocenters. The standard InChI is InChI=1S/C13H20BrN3O/c1-5-15-12-11(6-10(14)7-16-12)13(18)17-9(4)8(2)3/h6-9H,5H2,1-4H3,(H,15,16)(H,17,18). The summed E-state index contributed by atoms with van der Waals surface area (Å²) < 4.78 is 0.798. The Balaban J connectivity index is 2.92. The van der Waals surface area contributed by atoms with Gasteiger partial charge in [-0.3, -0.25) is 4.79 Å². The molecule has 0 radical (unpaired) electrons. The second-order valence-electron chi connectivity index (χ2n) is 4.59. The van der Waals surface area contributed by atoms with E-state index in [4.69, 9.17) is 0 Å². The maximum absolute atomic E-state index is 12.2. The van der Waals surface area contributed by atoms with E-state index in [2.05, 4.69) is 45.4 Å². The minimum Gasteiger partial charge on any atom is -0.370 e. The molecule has 1 rings (SSSR count). The Bertz CT molecular complexity index is 421. The molecule has 0 aromatic carbocycles. The van der Waals surface area contributed by atoms with E-state index < -0.39 is 0 Å². The minimum atomic E-state index is -0.0963. The fraction of sp³-hybridized carbons (Fsp3) is 0.538. The molecule has 2 N–H and O–H groups in total. The molecule has 0 saturated carbocycles. The maximum Gasteiger partial charge on any atom is 0.255 e. The number of halogens is 1. The number of nitrogens with one attached hydrogen (secondary N) is 2. The second kappa shape index (κ2) is 6.73. The van der Waals surface area contributed by atoms with Gasteiger partial charge in [-0.15, -0.1) is 0 Å². The molecule has 1 aromatic rings. The number of carbonyl (C=O) groups excluding carboxylic acids is 1. The summed E-state index contributed by atoms with van der Waals surface area (Å²) in [6.45, 7) is 8.86. The lowest BCUT2D eigenvalue weighted by atomic mass is 10.1. The van der Waals surface area contributed by atoms with E-state index in [0.29, 0.717) is 17.3 Å². The number of hydrogen-bond acceptors (Lipinski definition) is 3. The number of aromatic nitrogens is 1. The molecule has 0 saturated heterocycles. The molecule has 0 aliphatic heterocycles. The molecular weight excluding hydrogens is 294 g/mol. The highest BCUT2D eigenvalue weighted by atomic mass is 79.9. The Labute approximate surface area is 117 Å². The van der Waals surface area contributed by atoms with Gasteiger partial charge in [-0.1, -0.05) is 13.8 Å². The second-order valence-corrected chi connectivity index (χ2v) is 5.50. The summed E-state index contributed by atoms with van der Waals surface area (Å²) in [6.07, 6.45) is 1.68. The predicted octanol–water partition coefficient (Wildman–Crippen LogP) is 3.05. The Morgan fingerprint density at radius 2 is 2.11 bits per heavy atom. The lowest BCUT2D eigenvalue weighted by Gasteiger charge is -2.18. The van der Waals surface area contributed by atoms with E-state index in [9.17, 15) is 4.79 Å². The molecule has 4 nitrogen and oxygen atoms in total. The molecule has 100 valence electrons. The van der Waals surface area contributed by atoms with Crippen molar-refractivity contribution in [2.24, 2.45) is 5.92 Å². The van der Waals surface area contributed by atoms with Crippen molar-refractivity contribution in [1.82, 2.24) is 10.3 Å². The summed E-state index contributed by atoms with van der Waals surface area (Å²) in [7, 11) is 0. The Hall–Kier alpha value is -1.10. The SMILES string of the molecule is CCNc1ncc(Br)cc1C(=O)NC(C)C(C)C. The van der Waals surface area contributed by atoms with Gasteiger partial charge in [-0.05, 0) is 41.8 Å². The average Bonchev–Trinajstić information content (AvgIpc) is 2.31. The van der Waals surface area contributed by atoms with Gasteiger partial charge in [0, 0.05) is 23.3 Å². The van der Waals surface area contributed by atoms with Gasteiger partial charge in [0.1, 0.15) is 5.82 Å². The van der Waals surface area contributed by atoms with Crippen molar-refractivity contribution in [2.75, 3.05) is 11.9 Å². The van der Waals surface area contributed by atoms with Crippen molar-refractivity contribution in [3.05, 3.63) is 22.3 Å². The zero-order valence-electron chi connectivity index (χ0n) is 11.2. The van der Waals surface area contributed by atoms with Gasteiger partial charge < -0.3 is 10.6 Å². The largest absolute Gasteiger partial charge is 0.370 e. The van der Waals surface area contributed by atoms with Crippen molar-refractivity contribution in [2.45, 2.75) is 33.7 Å². The molecule has 0 fully saturated rings. The lowest BCUT2D eigenvalue weighted by molar-refractivity contribution is 0.0931. The first-order valence-corrected chi connectivity index (χ1v) is 6.95. The first-order valence-electron chi connectivity index (χ1n) is 6.16. The Morgan fingerprint density at radius 3 is 2.67 bits per heavy atom. The lowest BCUT2D eigenvalue weighted by Crippen LogP contribution is -2.36. The summed E-state index contributed by atoms with van der Waals surface area (Å²) in [4.78, 5) is 16.4. The number of carbonyl (C=O) groups is 1. The van der Waals surface area contributed by atoms with Crippen molar-refractivity contribution < 1.29 is 4.79 Å². The van der Waals surface area contributed by atoms with E-state index in [-0.39, 0.29) is 11.9 Å². The van der Waals surface area contributed by atoms with Crippen LogP contribution in [-0.4, -0.2) is 23.5 Å². The van der Waals surface area contributed by atoms with E-state index in [1.165, 1.54) is 0 Å². The summed E-state index contributed by atoms with van der Waals surface area (Å²) in [5.41, 5.74) is 0.568. The van der Waals surface area contributed by atoms with Crippen LogP contribution in [0, 0.1) is 5.92 Å². The van der Waals surface area contributed by atoms with E-state index in [0.717, 1.165) is 11.0 Å². The summed E-state index contributed by atoms with van der Waals surface area (Å²) in [6, 6.07) is 1.92. The predicted molar refractivity (Wildman–Crippen MR) is 77.9 cm³/mol. The number of nitrogens with zero attached hydrogens (tertiary/aromatic N) is 1. The van der Waals surface area contributed by atoms with Crippen molar-refractivity contribution >= 4 is 27.7 Å². The van der Waals surface area contributed by atoms with Crippen LogP contribution in [0.2, 0.25) is 0 Å². The molecule has 1 aromatic heterocycles. The molecular formula is C13H20BrN3O. The monoisotopic (exact) mass is 313 g/mol. The van der Waals surface area contributed by atoms with Crippen LogP contribution in [0.3, 0.4) is 0 Å². The van der Waals surface area contributed by atoms with Crippen LogP contribution < -0.4 is 10.6 Å². The van der Waals surface area contributed by atoms with E-state index >= 15 is 0 Å². The van der Waals surface area contributed by atoms with Crippen LogP contribution in [-0.2, 0) is 0 Å².